The second-order valence-electron chi connectivity index (χ2n) is 5.90. The van der Waals surface area contributed by atoms with Gasteiger partial charge in [-0.25, -0.2) is 18.7 Å². The first-order valence-corrected chi connectivity index (χ1v) is 8.51. The van der Waals surface area contributed by atoms with E-state index in [9.17, 15) is 9.59 Å². The second kappa shape index (κ2) is 11.5. The van der Waals surface area contributed by atoms with Crippen LogP contribution in [-0.4, -0.2) is 23.1 Å². The zero-order valence-corrected chi connectivity index (χ0v) is 16.7. The van der Waals surface area contributed by atoms with E-state index >= 15 is 0 Å². The van der Waals surface area contributed by atoms with Crippen LogP contribution >= 0.6 is 0 Å². The molecule has 6 nitrogen and oxygen atoms in total. The van der Waals surface area contributed by atoms with Gasteiger partial charge in [-0.3, -0.25) is 0 Å². The van der Waals surface area contributed by atoms with E-state index in [4.69, 9.17) is 9.47 Å². The molecule has 142 valence electrons. The predicted molar refractivity (Wildman–Crippen MR) is 91.4 cm³/mol. The van der Waals surface area contributed by atoms with Gasteiger partial charge in [-0.15, -0.1) is 0 Å². The molecule has 0 amide bonds. The van der Waals surface area contributed by atoms with Gasteiger partial charge in [0.2, 0.25) is 6.33 Å². The van der Waals surface area contributed by atoms with E-state index in [1.54, 1.807) is 23.3 Å². The lowest BCUT2D eigenvalue weighted by atomic mass is 10.2. The highest BCUT2D eigenvalue weighted by atomic mass is 79.9. The Morgan fingerprint density at radius 3 is 2.42 bits per heavy atom. The molecule has 0 aliphatic heterocycles. The van der Waals surface area contributed by atoms with Crippen LogP contribution in [0.1, 0.15) is 37.8 Å². The lowest BCUT2D eigenvalue weighted by Gasteiger charge is -2.13. The van der Waals surface area contributed by atoms with Crippen LogP contribution in [0.4, 0.5) is 0 Å². The van der Waals surface area contributed by atoms with Gasteiger partial charge >= 0.3 is 11.9 Å². The standard InChI is InChI=1S/C19H25N2O4.BrH/c1-3-4-8-13-24-18(22)17(21-12-11-20(2)15-21)19(23)25-14-16-9-6-5-7-10-16;/h5-7,9-12,15,17H,3-4,8,13-14H2,1-2H3;1H/q+1;/p-1/t17-;/m0./s1. The minimum absolute atomic E-state index is 0. The Balaban J connectivity index is 0.00000338. The first kappa shape index (κ1) is 21.9. The summed E-state index contributed by atoms with van der Waals surface area (Å²) in [5, 5.41) is 0. The van der Waals surface area contributed by atoms with Gasteiger partial charge in [0.05, 0.1) is 13.7 Å². The van der Waals surface area contributed by atoms with E-state index in [-0.39, 0.29) is 23.6 Å². The Bertz CT molecular complexity index is 688. The molecule has 26 heavy (non-hydrogen) atoms. The number of hydrogen-bond donors (Lipinski definition) is 0. The Morgan fingerprint density at radius 1 is 1.12 bits per heavy atom. The summed E-state index contributed by atoms with van der Waals surface area (Å²) >= 11 is 0. The van der Waals surface area contributed by atoms with Crippen LogP contribution in [0.2, 0.25) is 0 Å². The Morgan fingerprint density at radius 2 is 1.81 bits per heavy atom. The number of imidazole rings is 1. The number of aryl methyl sites for hydroxylation is 1. The Kier molecular flexibility index (Phi) is 9.65. The van der Waals surface area contributed by atoms with Gasteiger partial charge in [0.1, 0.15) is 19.0 Å². The van der Waals surface area contributed by atoms with Crippen molar-refractivity contribution in [2.45, 2.75) is 38.8 Å². The first-order chi connectivity index (χ1) is 12.1. The van der Waals surface area contributed by atoms with Crippen LogP contribution in [0, 0.1) is 0 Å². The molecule has 2 rings (SSSR count). The molecule has 0 aliphatic rings. The Labute approximate surface area is 164 Å². The number of carbonyl (C=O) groups excluding carboxylic acids is 2. The summed E-state index contributed by atoms with van der Waals surface area (Å²) in [7, 11) is 1.81. The van der Waals surface area contributed by atoms with Crippen molar-refractivity contribution in [3.8, 4) is 0 Å². The third-order valence-corrected chi connectivity index (χ3v) is 3.75. The van der Waals surface area contributed by atoms with Gasteiger partial charge in [-0.05, 0) is 12.0 Å². The molecule has 1 heterocycles. The molecule has 0 bridgehead atoms. The molecule has 1 aromatic heterocycles. The van der Waals surface area contributed by atoms with E-state index < -0.39 is 18.0 Å². The molecule has 1 atom stereocenters. The van der Waals surface area contributed by atoms with E-state index in [0.29, 0.717) is 6.61 Å². The van der Waals surface area contributed by atoms with Crippen molar-refractivity contribution in [1.29, 1.82) is 0 Å². The molecule has 0 saturated carbocycles. The molecule has 2 aromatic rings. The Hall–Kier alpha value is -2.15. The fourth-order valence-electron chi connectivity index (χ4n) is 2.37. The van der Waals surface area contributed by atoms with Gasteiger partial charge < -0.3 is 26.5 Å². The minimum atomic E-state index is -1.13. The van der Waals surface area contributed by atoms with E-state index in [0.717, 1.165) is 24.8 Å². The normalized spacial score (nSPS) is 11.3. The third-order valence-electron chi connectivity index (χ3n) is 3.75. The number of hydrogen-bond acceptors (Lipinski definition) is 4. The number of esters is 2. The summed E-state index contributed by atoms with van der Waals surface area (Å²) in [5.74, 6) is -1.22. The van der Waals surface area contributed by atoms with Crippen molar-refractivity contribution in [3.63, 3.8) is 0 Å². The molecule has 0 aliphatic carbocycles. The van der Waals surface area contributed by atoms with Crippen molar-refractivity contribution in [1.82, 2.24) is 4.57 Å². The second-order valence-corrected chi connectivity index (χ2v) is 5.90. The molecule has 0 radical (unpaired) electrons. The molecular formula is C19H25BrN2O4. The van der Waals surface area contributed by atoms with Gasteiger partial charge in [-0.2, -0.15) is 0 Å². The highest BCUT2D eigenvalue weighted by Gasteiger charge is 2.36. The largest absolute Gasteiger partial charge is 1.00 e. The number of ether oxygens (including phenoxy) is 2. The average molecular weight is 425 g/mol. The monoisotopic (exact) mass is 424 g/mol. The molecule has 0 N–H and O–H groups in total. The summed E-state index contributed by atoms with van der Waals surface area (Å²) in [6.07, 6.45) is 7.86. The number of aromatic nitrogens is 2. The minimum Gasteiger partial charge on any atom is -1.00 e. The van der Waals surface area contributed by atoms with Crippen LogP contribution in [0.15, 0.2) is 49.1 Å². The molecule has 0 saturated heterocycles. The molecular weight excluding hydrogens is 400 g/mol. The number of nitrogens with zero attached hydrogens (tertiary/aromatic N) is 2. The van der Waals surface area contributed by atoms with Crippen molar-refractivity contribution in [2.24, 2.45) is 7.05 Å². The SMILES string of the molecule is CCCCCOC(=O)[C@@H](C(=O)OCc1ccccc1)n1cc[n+](C)c1.[Br-]. The topological polar surface area (TPSA) is 61.4 Å². The maximum Gasteiger partial charge on any atom is 0.364 e. The van der Waals surface area contributed by atoms with E-state index in [2.05, 4.69) is 6.92 Å². The van der Waals surface area contributed by atoms with Crippen molar-refractivity contribution in [2.75, 3.05) is 6.61 Å². The lowest BCUT2D eigenvalue weighted by Crippen LogP contribution is -3.00. The van der Waals surface area contributed by atoms with Crippen LogP contribution in [-0.2, 0) is 32.7 Å². The van der Waals surface area contributed by atoms with Crippen LogP contribution < -0.4 is 21.5 Å². The number of carbonyl (C=O) groups is 2. The van der Waals surface area contributed by atoms with Gasteiger partial charge in [0.15, 0.2) is 0 Å². The molecule has 0 spiro atoms. The lowest BCUT2D eigenvalue weighted by molar-refractivity contribution is -0.671. The van der Waals surface area contributed by atoms with Crippen molar-refractivity contribution < 1.29 is 40.6 Å². The summed E-state index contributed by atoms with van der Waals surface area (Å²) in [6, 6.07) is 8.22. The molecule has 7 heteroatoms. The smallest absolute Gasteiger partial charge is 0.364 e. The predicted octanol–water partition coefficient (Wildman–Crippen LogP) is -0.665. The summed E-state index contributed by atoms with van der Waals surface area (Å²) in [5.41, 5.74) is 0.865. The molecule has 0 unspecified atom stereocenters. The highest BCUT2D eigenvalue weighted by molar-refractivity contribution is 5.97. The number of halogens is 1. The summed E-state index contributed by atoms with van der Waals surface area (Å²) < 4.78 is 13.9. The van der Waals surface area contributed by atoms with Crippen LogP contribution in [0.5, 0.6) is 0 Å². The molecule has 1 aromatic carbocycles. The third kappa shape index (κ3) is 6.63. The van der Waals surface area contributed by atoms with Gasteiger partial charge in [0.25, 0.3) is 6.04 Å². The van der Waals surface area contributed by atoms with Crippen LogP contribution in [0.25, 0.3) is 0 Å². The number of rotatable bonds is 9. The summed E-state index contributed by atoms with van der Waals surface area (Å²) in [6.45, 7) is 2.50. The molecule has 0 fully saturated rings. The summed E-state index contributed by atoms with van der Waals surface area (Å²) in [4.78, 5) is 24.9. The zero-order chi connectivity index (χ0) is 18.1. The fraction of sp³-hybridized carbons (Fsp3) is 0.421. The first-order valence-electron chi connectivity index (χ1n) is 8.51. The maximum absolute atomic E-state index is 12.5. The zero-order valence-electron chi connectivity index (χ0n) is 15.1. The maximum atomic E-state index is 12.5. The van der Waals surface area contributed by atoms with E-state index in [1.165, 1.54) is 4.57 Å². The van der Waals surface area contributed by atoms with Crippen molar-refractivity contribution >= 4 is 11.9 Å². The average Bonchev–Trinajstić information content (AvgIpc) is 3.04. The fourth-order valence-corrected chi connectivity index (χ4v) is 2.37. The van der Waals surface area contributed by atoms with Gasteiger partial charge in [0, 0.05) is 0 Å². The quantitative estimate of drug-likeness (QED) is 0.232. The van der Waals surface area contributed by atoms with E-state index in [1.807, 2.05) is 37.4 Å². The number of benzene rings is 1. The van der Waals surface area contributed by atoms with Crippen molar-refractivity contribution in [3.05, 3.63) is 54.6 Å². The van der Waals surface area contributed by atoms with Crippen LogP contribution in [0.3, 0.4) is 0 Å². The van der Waals surface area contributed by atoms with Gasteiger partial charge in [-0.1, -0.05) is 50.1 Å². The highest BCUT2D eigenvalue weighted by Crippen LogP contribution is 2.13. The number of unbranched alkanes of at least 4 members (excludes halogenated alkanes) is 2.